The molecule has 3 aromatic rings. The van der Waals surface area contributed by atoms with Gasteiger partial charge in [-0.05, 0) is 55.0 Å². The summed E-state index contributed by atoms with van der Waals surface area (Å²) in [5.41, 5.74) is 9.49. The van der Waals surface area contributed by atoms with E-state index in [0.717, 1.165) is 41.0 Å². The predicted octanol–water partition coefficient (Wildman–Crippen LogP) is 4.33. The van der Waals surface area contributed by atoms with E-state index in [2.05, 4.69) is 40.4 Å². The number of fused-ring (bicyclic) bond motifs is 2. The Morgan fingerprint density at radius 1 is 1.30 bits per heavy atom. The van der Waals surface area contributed by atoms with Gasteiger partial charge >= 0.3 is 0 Å². The highest BCUT2D eigenvalue weighted by Gasteiger charge is 2.21. The molecule has 23 heavy (non-hydrogen) atoms. The maximum atomic E-state index is 5.93. The Balaban J connectivity index is 1.71. The summed E-state index contributed by atoms with van der Waals surface area (Å²) in [6, 6.07) is 8.77. The lowest BCUT2D eigenvalue weighted by molar-refractivity contribution is 0.599. The third kappa shape index (κ3) is 2.65. The molecule has 0 fully saturated rings. The second kappa shape index (κ2) is 5.81. The molecule has 1 unspecified atom stereocenters. The smallest absolute Gasteiger partial charge is 0.138 e. The molecule has 0 saturated carbocycles. The van der Waals surface area contributed by atoms with Crippen molar-refractivity contribution in [2.75, 3.05) is 11.1 Å². The van der Waals surface area contributed by atoms with Crippen molar-refractivity contribution >= 4 is 33.1 Å². The van der Waals surface area contributed by atoms with Gasteiger partial charge in [-0.3, -0.25) is 0 Å². The van der Waals surface area contributed by atoms with Crippen LogP contribution in [0.5, 0.6) is 0 Å². The highest BCUT2D eigenvalue weighted by atomic mass is 32.1. The monoisotopic (exact) mass is 324 g/mol. The van der Waals surface area contributed by atoms with Crippen LogP contribution < -0.4 is 11.1 Å². The Morgan fingerprint density at radius 2 is 2.22 bits per heavy atom. The molecule has 1 aliphatic rings. The van der Waals surface area contributed by atoms with Gasteiger partial charge < -0.3 is 11.1 Å². The third-order valence-corrected chi connectivity index (χ3v) is 5.71. The van der Waals surface area contributed by atoms with E-state index in [-0.39, 0.29) is 0 Å². The summed E-state index contributed by atoms with van der Waals surface area (Å²) in [6.07, 6.45) is 6.09. The van der Waals surface area contributed by atoms with Crippen LogP contribution in [-0.2, 0) is 12.8 Å². The zero-order chi connectivity index (χ0) is 15.8. The van der Waals surface area contributed by atoms with Gasteiger partial charge in [0.2, 0.25) is 0 Å². The molecule has 0 bridgehead atoms. The van der Waals surface area contributed by atoms with Crippen molar-refractivity contribution in [1.29, 1.82) is 0 Å². The van der Waals surface area contributed by atoms with E-state index in [4.69, 9.17) is 5.73 Å². The quantitative estimate of drug-likeness (QED) is 0.704. The number of hydrogen-bond acceptors (Lipinski definition) is 5. The number of aryl methyl sites for hydroxylation is 2. The van der Waals surface area contributed by atoms with Crippen LogP contribution in [0.15, 0.2) is 30.6 Å². The largest absolute Gasteiger partial charge is 0.399 e. The summed E-state index contributed by atoms with van der Waals surface area (Å²) >= 11 is 1.75. The average Bonchev–Trinajstić information content (AvgIpc) is 2.99. The molecule has 0 spiro atoms. The molecule has 3 N–H and O–H groups in total. The Morgan fingerprint density at radius 3 is 3.09 bits per heavy atom. The van der Waals surface area contributed by atoms with Gasteiger partial charge in [0, 0.05) is 10.6 Å². The van der Waals surface area contributed by atoms with Crippen LogP contribution in [0.25, 0.3) is 10.2 Å². The highest BCUT2D eigenvalue weighted by molar-refractivity contribution is 7.18. The molecule has 1 aliphatic carbocycles. The molecule has 1 aromatic carbocycles. The molecule has 5 heteroatoms. The molecule has 0 radical (unpaired) electrons. The first-order chi connectivity index (χ1) is 11.2. The zero-order valence-electron chi connectivity index (χ0n) is 13.2. The van der Waals surface area contributed by atoms with Crippen LogP contribution in [0, 0.1) is 0 Å². The lowest BCUT2D eigenvalue weighted by Crippen LogP contribution is -2.18. The maximum Gasteiger partial charge on any atom is 0.138 e. The van der Waals surface area contributed by atoms with Crippen molar-refractivity contribution in [2.24, 2.45) is 0 Å². The van der Waals surface area contributed by atoms with Crippen LogP contribution in [0.2, 0.25) is 0 Å². The van der Waals surface area contributed by atoms with E-state index < -0.39 is 0 Å². The summed E-state index contributed by atoms with van der Waals surface area (Å²) < 4.78 is 0. The van der Waals surface area contributed by atoms with Crippen molar-refractivity contribution in [3.8, 4) is 0 Å². The molecule has 4 nitrogen and oxygen atoms in total. The van der Waals surface area contributed by atoms with Gasteiger partial charge in [0.1, 0.15) is 17.0 Å². The number of hydrogen-bond donors (Lipinski definition) is 2. The van der Waals surface area contributed by atoms with E-state index in [9.17, 15) is 0 Å². The predicted molar refractivity (Wildman–Crippen MR) is 96.9 cm³/mol. The Hall–Kier alpha value is -2.14. The van der Waals surface area contributed by atoms with Crippen LogP contribution in [0.3, 0.4) is 0 Å². The third-order valence-electron chi connectivity index (χ3n) is 4.52. The first-order valence-corrected chi connectivity index (χ1v) is 8.94. The number of aromatic nitrogens is 2. The standard InChI is InChI=1S/C18H20N4S/c1-2-13-9-15-17(20-10-21-18(15)23-13)22-16-5-3-4-11-8-12(19)6-7-14(11)16/h6-10,16H,2-5,19H2,1H3,(H,20,21,22). The van der Waals surface area contributed by atoms with Crippen molar-refractivity contribution in [2.45, 2.75) is 38.6 Å². The topological polar surface area (TPSA) is 63.8 Å². The molecule has 0 aliphatic heterocycles. The number of nitrogens with two attached hydrogens (primary N) is 1. The number of nitrogens with one attached hydrogen (secondary N) is 1. The number of benzene rings is 1. The normalized spacial score (nSPS) is 17.2. The Kier molecular flexibility index (Phi) is 3.65. The van der Waals surface area contributed by atoms with E-state index in [1.165, 1.54) is 22.4 Å². The lowest BCUT2D eigenvalue weighted by atomic mass is 9.87. The second-order valence-corrected chi connectivity index (χ2v) is 7.17. The summed E-state index contributed by atoms with van der Waals surface area (Å²) in [5.74, 6) is 0.945. The SMILES string of the molecule is CCc1cc2c(NC3CCCc4cc(N)ccc43)ncnc2s1. The van der Waals surface area contributed by atoms with Crippen LogP contribution in [0.1, 0.15) is 41.8 Å². The van der Waals surface area contributed by atoms with Crippen LogP contribution in [-0.4, -0.2) is 9.97 Å². The molecular weight excluding hydrogens is 304 g/mol. The van der Waals surface area contributed by atoms with E-state index in [1.807, 2.05) is 6.07 Å². The minimum atomic E-state index is 0.294. The van der Waals surface area contributed by atoms with Crippen molar-refractivity contribution in [3.05, 3.63) is 46.6 Å². The van der Waals surface area contributed by atoms with Crippen LogP contribution in [0.4, 0.5) is 11.5 Å². The van der Waals surface area contributed by atoms with Gasteiger partial charge in [-0.2, -0.15) is 0 Å². The average molecular weight is 324 g/mol. The summed E-state index contributed by atoms with van der Waals surface area (Å²) in [5, 5.41) is 4.79. The highest BCUT2D eigenvalue weighted by Crippen LogP contribution is 2.35. The zero-order valence-corrected chi connectivity index (χ0v) is 14.0. The van der Waals surface area contributed by atoms with Gasteiger partial charge in [0.25, 0.3) is 0 Å². The fraction of sp³-hybridized carbons (Fsp3) is 0.333. The van der Waals surface area contributed by atoms with Crippen molar-refractivity contribution in [3.63, 3.8) is 0 Å². The van der Waals surface area contributed by atoms with Crippen molar-refractivity contribution < 1.29 is 0 Å². The number of nitrogens with zero attached hydrogens (tertiary/aromatic N) is 2. The van der Waals surface area contributed by atoms with Gasteiger partial charge in [0.15, 0.2) is 0 Å². The molecular formula is C18H20N4S. The minimum Gasteiger partial charge on any atom is -0.399 e. The fourth-order valence-electron chi connectivity index (χ4n) is 3.34. The maximum absolute atomic E-state index is 5.93. The molecule has 1 atom stereocenters. The fourth-order valence-corrected chi connectivity index (χ4v) is 4.28. The summed E-state index contributed by atoms with van der Waals surface area (Å²) in [7, 11) is 0. The molecule has 0 saturated heterocycles. The van der Waals surface area contributed by atoms with Crippen molar-refractivity contribution in [1.82, 2.24) is 9.97 Å². The number of anilines is 2. The van der Waals surface area contributed by atoms with E-state index in [1.54, 1.807) is 17.7 Å². The van der Waals surface area contributed by atoms with Gasteiger partial charge in [-0.1, -0.05) is 13.0 Å². The first kappa shape index (κ1) is 14.5. The first-order valence-electron chi connectivity index (χ1n) is 8.13. The van der Waals surface area contributed by atoms with Gasteiger partial charge in [-0.25, -0.2) is 9.97 Å². The second-order valence-electron chi connectivity index (χ2n) is 6.05. The number of nitrogen functional groups attached to an aromatic ring is 1. The van der Waals surface area contributed by atoms with Crippen LogP contribution >= 0.6 is 11.3 Å². The van der Waals surface area contributed by atoms with Gasteiger partial charge in [-0.15, -0.1) is 11.3 Å². The number of rotatable bonds is 3. The molecule has 4 rings (SSSR count). The molecule has 2 aromatic heterocycles. The van der Waals surface area contributed by atoms with E-state index >= 15 is 0 Å². The van der Waals surface area contributed by atoms with E-state index in [0.29, 0.717) is 6.04 Å². The molecule has 2 heterocycles. The summed E-state index contributed by atoms with van der Waals surface area (Å²) in [4.78, 5) is 11.3. The number of thiophene rings is 1. The minimum absolute atomic E-state index is 0.294. The Bertz CT molecular complexity index is 855. The van der Waals surface area contributed by atoms with Gasteiger partial charge in [0.05, 0.1) is 11.4 Å². The summed E-state index contributed by atoms with van der Waals surface area (Å²) in [6.45, 7) is 2.17. The molecule has 0 amide bonds. The molecule has 118 valence electrons. The lowest BCUT2D eigenvalue weighted by Gasteiger charge is -2.27. The Labute approximate surface area is 139 Å².